The van der Waals surface area contributed by atoms with Gasteiger partial charge in [0.2, 0.25) is 5.91 Å². The van der Waals surface area contributed by atoms with Crippen LogP contribution in [0.25, 0.3) is 11.1 Å². The molecule has 0 aliphatic heterocycles. The fourth-order valence-corrected chi connectivity index (χ4v) is 7.47. The van der Waals surface area contributed by atoms with Crippen LogP contribution in [0.5, 0.6) is 5.75 Å². The molecule has 0 saturated heterocycles. The van der Waals surface area contributed by atoms with Gasteiger partial charge in [0.1, 0.15) is 18.4 Å². The Balaban J connectivity index is 1.58. The highest BCUT2D eigenvalue weighted by Gasteiger charge is 2.48. The van der Waals surface area contributed by atoms with Crippen molar-refractivity contribution < 1.29 is 28.5 Å². The molecule has 2 aliphatic carbocycles. The first-order valence-electron chi connectivity index (χ1n) is 17.9. The summed E-state index contributed by atoms with van der Waals surface area (Å²) < 4.78 is 25.5. The molecular formula is C36H61N5O6Si2. The van der Waals surface area contributed by atoms with Crippen LogP contribution in [-0.2, 0) is 25.7 Å². The molecule has 0 bridgehead atoms. The van der Waals surface area contributed by atoms with E-state index < -0.39 is 33.9 Å². The highest BCUT2D eigenvalue weighted by atomic mass is 28.3. The number of carbonyl (C=O) groups is 2. The Kier molecular flexibility index (Phi) is 12.8. The van der Waals surface area contributed by atoms with E-state index in [4.69, 9.17) is 29.0 Å². The average molecular weight is 716 g/mol. The molecule has 2 N–H and O–H groups in total. The van der Waals surface area contributed by atoms with Crippen molar-refractivity contribution in [3.63, 3.8) is 0 Å². The first-order valence-corrected chi connectivity index (χ1v) is 25.4. The standard InChI is InChI=1S/C36H61N5O6Si2/c1-24-30(25(2)41(40-24)22-44-16-18-48(6,7)8)28-20-29(46-23-45-17-19-49(9,10)11)33(37-21-28)39-34(42)32(38-35(43)47-36(3,4)5)31(26-12-13-26)27-14-15-27/h20-21,26-27,31-32H,12-19,22-23H2,1-11H3,(H,38,43)(H,37,39,42)/t32-/m0/s1. The maximum Gasteiger partial charge on any atom is 0.408 e. The summed E-state index contributed by atoms with van der Waals surface area (Å²) in [6.45, 7) is 25.1. The predicted molar refractivity (Wildman–Crippen MR) is 199 cm³/mol. The van der Waals surface area contributed by atoms with Crippen molar-refractivity contribution in [3.05, 3.63) is 23.7 Å². The smallest absolute Gasteiger partial charge is 0.408 e. The fraction of sp³-hybridized carbons (Fsp3) is 0.722. The molecule has 0 unspecified atom stereocenters. The van der Waals surface area contributed by atoms with Crippen LogP contribution in [0.3, 0.4) is 0 Å². The predicted octanol–water partition coefficient (Wildman–Crippen LogP) is 7.83. The number of amides is 2. The van der Waals surface area contributed by atoms with E-state index in [2.05, 4.69) is 49.9 Å². The largest absolute Gasteiger partial charge is 0.464 e. The van der Waals surface area contributed by atoms with Crippen molar-refractivity contribution in [2.24, 2.45) is 17.8 Å². The molecule has 11 nitrogen and oxygen atoms in total. The zero-order chi connectivity index (χ0) is 36.1. The first-order chi connectivity index (χ1) is 22.8. The molecule has 2 heterocycles. The summed E-state index contributed by atoms with van der Waals surface area (Å²) in [6.07, 6.45) is 5.39. The van der Waals surface area contributed by atoms with E-state index in [0.29, 0.717) is 37.5 Å². The lowest BCUT2D eigenvalue weighted by atomic mass is 9.89. The van der Waals surface area contributed by atoms with Gasteiger partial charge < -0.3 is 29.6 Å². The van der Waals surface area contributed by atoms with Crippen LogP contribution >= 0.6 is 0 Å². The molecule has 2 amide bonds. The Morgan fingerprint density at radius 3 is 2.10 bits per heavy atom. The van der Waals surface area contributed by atoms with Crippen molar-refractivity contribution in [1.82, 2.24) is 20.1 Å². The van der Waals surface area contributed by atoms with Gasteiger partial charge in [0.15, 0.2) is 18.4 Å². The third-order valence-electron chi connectivity index (χ3n) is 8.94. The molecule has 2 fully saturated rings. The van der Waals surface area contributed by atoms with Crippen LogP contribution in [0.2, 0.25) is 51.4 Å². The highest BCUT2D eigenvalue weighted by Crippen LogP contribution is 2.51. The maximum absolute atomic E-state index is 14.1. The Morgan fingerprint density at radius 1 is 0.959 bits per heavy atom. The van der Waals surface area contributed by atoms with Gasteiger partial charge in [-0.2, -0.15) is 5.10 Å². The molecule has 0 spiro atoms. The summed E-state index contributed by atoms with van der Waals surface area (Å²) in [7, 11) is -2.47. The van der Waals surface area contributed by atoms with Crippen molar-refractivity contribution in [2.75, 3.05) is 25.3 Å². The van der Waals surface area contributed by atoms with Gasteiger partial charge in [-0.05, 0) is 96.2 Å². The van der Waals surface area contributed by atoms with E-state index in [9.17, 15) is 9.59 Å². The fourth-order valence-electron chi connectivity index (χ4n) is 5.95. The number of nitrogens with zero attached hydrogens (tertiary/aromatic N) is 3. The first kappa shape index (κ1) is 39.0. The normalized spacial score (nSPS) is 16.1. The molecular weight excluding hydrogens is 655 g/mol. The minimum Gasteiger partial charge on any atom is -0.464 e. The van der Waals surface area contributed by atoms with Crippen molar-refractivity contribution in [1.29, 1.82) is 0 Å². The summed E-state index contributed by atoms with van der Waals surface area (Å²) in [5, 5.41) is 10.7. The van der Waals surface area contributed by atoms with Gasteiger partial charge in [-0.15, -0.1) is 0 Å². The van der Waals surface area contributed by atoms with Gasteiger partial charge in [-0.3, -0.25) is 4.79 Å². The van der Waals surface area contributed by atoms with Crippen molar-refractivity contribution in [3.8, 4) is 16.9 Å². The molecule has 2 aromatic heterocycles. The number of ether oxygens (including phenoxy) is 4. The second-order valence-electron chi connectivity index (χ2n) is 17.3. The Morgan fingerprint density at radius 2 is 1.55 bits per heavy atom. The minimum absolute atomic E-state index is 0.0208. The zero-order valence-electron chi connectivity index (χ0n) is 31.8. The van der Waals surface area contributed by atoms with E-state index in [1.54, 1.807) is 6.20 Å². The number of anilines is 1. The molecule has 2 aliphatic rings. The molecule has 0 aromatic carbocycles. The van der Waals surface area contributed by atoms with Crippen molar-refractivity contribution in [2.45, 2.75) is 130 Å². The highest BCUT2D eigenvalue weighted by molar-refractivity contribution is 6.76. The Labute approximate surface area is 295 Å². The topological polar surface area (TPSA) is 126 Å². The minimum atomic E-state index is -1.28. The van der Waals surface area contributed by atoms with Gasteiger partial charge in [0.05, 0.1) is 5.69 Å². The SMILES string of the molecule is Cc1nn(COCC[Si](C)(C)C)c(C)c1-c1cnc(NC(=O)[C@@H](NC(=O)OC(C)(C)C)C(C2CC2)C2CC2)c(OCOCC[Si](C)(C)C)c1. The lowest BCUT2D eigenvalue weighted by molar-refractivity contribution is -0.120. The number of aryl methyl sites for hydroxylation is 1. The molecule has 0 radical (unpaired) electrons. The second kappa shape index (κ2) is 16.1. The number of aromatic nitrogens is 3. The van der Waals surface area contributed by atoms with Gasteiger partial charge in [-0.25, -0.2) is 14.5 Å². The Bertz CT molecular complexity index is 1420. The molecule has 274 valence electrons. The van der Waals surface area contributed by atoms with Crippen LogP contribution < -0.4 is 15.4 Å². The van der Waals surface area contributed by atoms with Crippen LogP contribution in [0.15, 0.2) is 12.3 Å². The number of alkyl carbamates (subject to hydrolysis) is 1. The number of hydrogen-bond donors (Lipinski definition) is 2. The summed E-state index contributed by atoms with van der Waals surface area (Å²) in [4.78, 5) is 31.8. The molecule has 13 heteroatoms. The average Bonchev–Trinajstić information content (AvgIpc) is 3.89. The second-order valence-corrected chi connectivity index (χ2v) is 28.6. The quantitative estimate of drug-likeness (QED) is 0.0909. The number of hydrogen-bond acceptors (Lipinski definition) is 8. The number of rotatable bonds is 18. The lowest BCUT2D eigenvalue weighted by Crippen LogP contribution is -2.51. The zero-order valence-corrected chi connectivity index (χ0v) is 33.8. The van der Waals surface area contributed by atoms with Gasteiger partial charge in [0.25, 0.3) is 0 Å². The van der Waals surface area contributed by atoms with E-state index in [0.717, 1.165) is 60.3 Å². The summed E-state index contributed by atoms with van der Waals surface area (Å²) in [5.74, 6) is 1.21. The number of pyridine rings is 1. The maximum atomic E-state index is 14.1. The summed E-state index contributed by atoms with van der Waals surface area (Å²) in [6, 6.07) is 3.24. The van der Waals surface area contributed by atoms with Crippen LogP contribution in [0.4, 0.5) is 10.6 Å². The van der Waals surface area contributed by atoms with E-state index in [1.807, 2.05) is 45.4 Å². The van der Waals surface area contributed by atoms with E-state index >= 15 is 0 Å². The summed E-state index contributed by atoms with van der Waals surface area (Å²) in [5.41, 5.74) is 2.88. The lowest BCUT2D eigenvalue weighted by Gasteiger charge is -2.29. The van der Waals surface area contributed by atoms with Crippen LogP contribution in [0, 0.1) is 31.6 Å². The molecule has 2 saturated carbocycles. The summed E-state index contributed by atoms with van der Waals surface area (Å²) >= 11 is 0. The third kappa shape index (κ3) is 12.5. The van der Waals surface area contributed by atoms with Gasteiger partial charge >= 0.3 is 6.09 Å². The van der Waals surface area contributed by atoms with Crippen LogP contribution in [-0.4, -0.2) is 74.6 Å². The molecule has 2 aromatic rings. The van der Waals surface area contributed by atoms with Crippen LogP contribution in [0.1, 0.15) is 57.8 Å². The third-order valence-corrected chi connectivity index (χ3v) is 12.3. The van der Waals surface area contributed by atoms with Gasteiger partial charge in [-0.1, -0.05) is 39.3 Å². The Hall–Kier alpha value is -2.75. The van der Waals surface area contributed by atoms with E-state index in [-0.39, 0.29) is 24.4 Å². The number of nitrogens with one attached hydrogen (secondary N) is 2. The van der Waals surface area contributed by atoms with Crippen molar-refractivity contribution >= 4 is 34.0 Å². The molecule has 49 heavy (non-hydrogen) atoms. The number of carbonyl (C=O) groups excluding carboxylic acids is 2. The van der Waals surface area contributed by atoms with E-state index in [1.165, 1.54) is 0 Å². The molecule has 4 rings (SSSR count). The molecule has 1 atom stereocenters. The monoisotopic (exact) mass is 715 g/mol. The van der Waals surface area contributed by atoms with Gasteiger partial charge in [0, 0.05) is 52.4 Å².